The van der Waals surface area contributed by atoms with E-state index in [0.717, 1.165) is 23.7 Å². The van der Waals surface area contributed by atoms with Gasteiger partial charge in [-0.05, 0) is 38.6 Å². The lowest BCUT2D eigenvalue weighted by Gasteiger charge is -2.10. The van der Waals surface area contributed by atoms with E-state index in [1.807, 2.05) is 25.2 Å². The summed E-state index contributed by atoms with van der Waals surface area (Å²) in [6.45, 7) is 0.829. The van der Waals surface area contributed by atoms with Gasteiger partial charge in [-0.15, -0.1) is 0 Å². The van der Waals surface area contributed by atoms with E-state index in [1.54, 1.807) is 18.5 Å². The van der Waals surface area contributed by atoms with E-state index in [9.17, 15) is 8.42 Å². The largest absolute Gasteiger partial charge is 0.320 e. The number of pyridine rings is 1. The molecule has 5 nitrogen and oxygen atoms in total. The van der Waals surface area contributed by atoms with Crippen molar-refractivity contribution in [3.63, 3.8) is 0 Å². The quantitative estimate of drug-likeness (QED) is 0.766. The molecule has 0 aliphatic heterocycles. The highest BCUT2D eigenvalue weighted by Gasteiger charge is 2.11. The minimum absolute atomic E-state index is 0.135. The highest BCUT2D eigenvalue weighted by molar-refractivity contribution is 7.92. The van der Waals surface area contributed by atoms with Gasteiger partial charge in [0.05, 0.1) is 11.4 Å². The van der Waals surface area contributed by atoms with E-state index in [2.05, 4.69) is 15.0 Å². The number of anilines is 1. The summed E-state index contributed by atoms with van der Waals surface area (Å²) in [5.74, 6) is 0.135. The van der Waals surface area contributed by atoms with Crippen LogP contribution in [0, 0.1) is 0 Å². The lowest BCUT2D eigenvalue weighted by molar-refractivity contribution is 0.595. The zero-order chi connectivity index (χ0) is 14.4. The average Bonchev–Trinajstić information content (AvgIpc) is 2.44. The summed E-state index contributed by atoms with van der Waals surface area (Å²) in [7, 11) is -1.45. The molecule has 0 saturated carbocycles. The second kappa shape index (κ2) is 6.67. The summed E-state index contributed by atoms with van der Waals surface area (Å²) >= 11 is 0. The molecular formula is C14H19N3O2S. The third kappa shape index (κ3) is 3.91. The molecule has 0 atom stereocenters. The van der Waals surface area contributed by atoms with E-state index in [0.29, 0.717) is 12.1 Å². The zero-order valence-electron chi connectivity index (χ0n) is 11.5. The van der Waals surface area contributed by atoms with Crippen LogP contribution in [0.25, 0.3) is 10.8 Å². The number of rotatable bonds is 7. The smallest absolute Gasteiger partial charge is 0.232 e. The Morgan fingerprint density at radius 1 is 1.20 bits per heavy atom. The number of aromatic nitrogens is 1. The first-order chi connectivity index (χ1) is 9.62. The molecule has 0 fully saturated rings. The molecule has 0 aliphatic rings. The normalized spacial score (nSPS) is 11.7. The Kier molecular flexibility index (Phi) is 4.92. The predicted octanol–water partition coefficient (Wildman–Crippen LogP) is 1.98. The summed E-state index contributed by atoms with van der Waals surface area (Å²) in [5.41, 5.74) is 0.610. The third-order valence-corrected chi connectivity index (χ3v) is 4.39. The van der Waals surface area contributed by atoms with Gasteiger partial charge in [0, 0.05) is 23.2 Å². The molecule has 0 aliphatic carbocycles. The fourth-order valence-electron chi connectivity index (χ4n) is 2.02. The second-order valence-electron chi connectivity index (χ2n) is 4.63. The van der Waals surface area contributed by atoms with E-state index in [1.165, 1.54) is 0 Å². The van der Waals surface area contributed by atoms with Crippen LogP contribution < -0.4 is 10.0 Å². The van der Waals surface area contributed by atoms with Crippen molar-refractivity contribution in [3.8, 4) is 0 Å². The number of hydrogen-bond donors (Lipinski definition) is 2. The van der Waals surface area contributed by atoms with Crippen molar-refractivity contribution in [1.29, 1.82) is 0 Å². The van der Waals surface area contributed by atoms with Crippen LogP contribution in [0.1, 0.15) is 12.8 Å². The van der Waals surface area contributed by atoms with Crippen molar-refractivity contribution in [2.75, 3.05) is 24.1 Å². The molecule has 2 N–H and O–H groups in total. The van der Waals surface area contributed by atoms with Crippen LogP contribution in [-0.2, 0) is 10.0 Å². The van der Waals surface area contributed by atoms with Gasteiger partial charge in [0.2, 0.25) is 10.0 Å². The molecule has 0 spiro atoms. The SMILES string of the molecule is CNCCCCS(=O)(=O)Nc1cccc2cnccc12. The van der Waals surface area contributed by atoms with Gasteiger partial charge >= 0.3 is 0 Å². The molecule has 6 heteroatoms. The lowest BCUT2D eigenvalue weighted by Crippen LogP contribution is -2.18. The molecule has 0 radical (unpaired) electrons. The summed E-state index contributed by atoms with van der Waals surface area (Å²) in [6, 6.07) is 7.32. The standard InChI is InChI=1S/C14H19N3O2S/c1-15-8-2-3-10-20(18,19)17-14-6-4-5-12-11-16-9-7-13(12)14/h4-7,9,11,15,17H,2-3,8,10H2,1H3. The number of nitrogens with zero attached hydrogens (tertiary/aromatic N) is 1. The Balaban J connectivity index is 2.11. The van der Waals surface area contributed by atoms with Gasteiger partial charge in [0.1, 0.15) is 0 Å². The highest BCUT2D eigenvalue weighted by Crippen LogP contribution is 2.23. The number of benzene rings is 1. The van der Waals surface area contributed by atoms with Crippen LogP contribution in [-0.4, -0.2) is 32.7 Å². The Labute approximate surface area is 119 Å². The molecule has 2 rings (SSSR count). The van der Waals surface area contributed by atoms with Crippen molar-refractivity contribution in [2.45, 2.75) is 12.8 Å². The average molecular weight is 293 g/mol. The van der Waals surface area contributed by atoms with E-state index in [4.69, 9.17) is 0 Å². The van der Waals surface area contributed by atoms with E-state index >= 15 is 0 Å². The summed E-state index contributed by atoms with van der Waals surface area (Å²) in [4.78, 5) is 4.04. The first kappa shape index (κ1) is 14.7. The Bertz CT molecular complexity index is 666. The van der Waals surface area contributed by atoms with Crippen LogP contribution in [0.5, 0.6) is 0 Å². The number of fused-ring (bicyclic) bond motifs is 1. The number of unbranched alkanes of at least 4 members (excludes halogenated alkanes) is 1. The minimum atomic E-state index is -3.30. The summed E-state index contributed by atoms with van der Waals surface area (Å²) in [5, 5.41) is 4.79. The Morgan fingerprint density at radius 2 is 2.05 bits per heavy atom. The fraction of sp³-hybridized carbons (Fsp3) is 0.357. The monoisotopic (exact) mass is 293 g/mol. The van der Waals surface area contributed by atoms with Crippen LogP contribution >= 0.6 is 0 Å². The maximum atomic E-state index is 12.1. The van der Waals surface area contributed by atoms with Crippen LogP contribution in [0.3, 0.4) is 0 Å². The third-order valence-electron chi connectivity index (χ3n) is 3.04. The summed E-state index contributed by atoms with van der Waals surface area (Å²) < 4.78 is 26.8. The molecule has 1 aromatic carbocycles. The van der Waals surface area contributed by atoms with Crippen molar-refractivity contribution < 1.29 is 8.42 Å². The van der Waals surface area contributed by atoms with Crippen molar-refractivity contribution >= 4 is 26.5 Å². The van der Waals surface area contributed by atoms with Gasteiger partial charge in [-0.3, -0.25) is 9.71 Å². The molecule has 1 heterocycles. The molecule has 0 amide bonds. The molecule has 108 valence electrons. The number of hydrogen-bond acceptors (Lipinski definition) is 4. The van der Waals surface area contributed by atoms with Crippen LogP contribution in [0.4, 0.5) is 5.69 Å². The first-order valence-electron chi connectivity index (χ1n) is 6.60. The van der Waals surface area contributed by atoms with Crippen LogP contribution in [0.2, 0.25) is 0 Å². The molecule has 1 aromatic heterocycles. The first-order valence-corrected chi connectivity index (χ1v) is 8.25. The molecular weight excluding hydrogens is 274 g/mol. The van der Waals surface area contributed by atoms with Gasteiger partial charge in [0.15, 0.2) is 0 Å². The van der Waals surface area contributed by atoms with E-state index in [-0.39, 0.29) is 5.75 Å². The van der Waals surface area contributed by atoms with Gasteiger partial charge in [-0.25, -0.2) is 8.42 Å². The predicted molar refractivity (Wildman–Crippen MR) is 82.3 cm³/mol. The van der Waals surface area contributed by atoms with Gasteiger partial charge < -0.3 is 5.32 Å². The lowest BCUT2D eigenvalue weighted by atomic mass is 10.1. The van der Waals surface area contributed by atoms with E-state index < -0.39 is 10.0 Å². The van der Waals surface area contributed by atoms with Gasteiger partial charge in [0.25, 0.3) is 0 Å². The Hall–Kier alpha value is -1.66. The van der Waals surface area contributed by atoms with Crippen molar-refractivity contribution in [3.05, 3.63) is 36.7 Å². The minimum Gasteiger partial charge on any atom is -0.320 e. The maximum Gasteiger partial charge on any atom is 0.232 e. The molecule has 2 aromatic rings. The molecule has 0 bridgehead atoms. The molecule has 0 saturated heterocycles. The Morgan fingerprint density at radius 3 is 2.85 bits per heavy atom. The second-order valence-corrected chi connectivity index (χ2v) is 6.48. The van der Waals surface area contributed by atoms with Crippen LogP contribution in [0.15, 0.2) is 36.7 Å². The number of sulfonamides is 1. The van der Waals surface area contributed by atoms with Crippen molar-refractivity contribution in [1.82, 2.24) is 10.3 Å². The topological polar surface area (TPSA) is 71.1 Å². The summed E-state index contributed by atoms with van der Waals surface area (Å²) in [6.07, 6.45) is 4.87. The fourth-order valence-corrected chi connectivity index (χ4v) is 3.22. The number of nitrogens with one attached hydrogen (secondary N) is 2. The zero-order valence-corrected chi connectivity index (χ0v) is 12.3. The maximum absolute atomic E-state index is 12.1. The molecule has 0 unspecified atom stereocenters. The van der Waals surface area contributed by atoms with Gasteiger partial charge in [-0.2, -0.15) is 0 Å². The molecule has 20 heavy (non-hydrogen) atoms. The van der Waals surface area contributed by atoms with Crippen molar-refractivity contribution in [2.24, 2.45) is 0 Å². The highest BCUT2D eigenvalue weighted by atomic mass is 32.2. The van der Waals surface area contributed by atoms with Gasteiger partial charge in [-0.1, -0.05) is 12.1 Å².